The fourth-order valence-corrected chi connectivity index (χ4v) is 8.31. The van der Waals surface area contributed by atoms with Gasteiger partial charge in [0.1, 0.15) is 0 Å². The van der Waals surface area contributed by atoms with Gasteiger partial charge in [0, 0.05) is 11.1 Å². The summed E-state index contributed by atoms with van der Waals surface area (Å²) >= 11 is 0. The Morgan fingerprint density at radius 1 is 0.268 bits per heavy atom. The lowest BCUT2D eigenvalue weighted by atomic mass is 9.83. The van der Waals surface area contributed by atoms with Crippen LogP contribution >= 0.6 is 0 Å². The molecule has 0 saturated heterocycles. The van der Waals surface area contributed by atoms with Crippen molar-refractivity contribution in [2.45, 2.75) is 55.4 Å². The monoisotopic (exact) mass is 723 g/mol. The van der Waals surface area contributed by atoms with Gasteiger partial charge in [-0.3, -0.25) is 0 Å². The maximum Gasteiger partial charge on any atom is 0.0721 e. The molecule has 274 valence electrons. The number of nitrogens with zero attached hydrogens (tertiary/aromatic N) is 1. The molecule has 0 saturated carbocycles. The first-order chi connectivity index (χ1) is 27.0. The van der Waals surface area contributed by atoms with E-state index in [9.17, 15) is 0 Å². The van der Waals surface area contributed by atoms with Crippen LogP contribution in [0.5, 0.6) is 0 Å². The van der Waals surface area contributed by atoms with E-state index in [1.807, 2.05) is 0 Å². The number of hydrogen-bond acceptors (Lipinski definition) is 1. The number of benzene rings is 7. The van der Waals surface area contributed by atoms with Crippen molar-refractivity contribution in [3.05, 3.63) is 196 Å². The molecule has 0 fully saturated rings. The molecule has 0 N–H and O–H groups in total. The highest BCUT2D eigenvalue weighted by Crippen LogP contribution is 2.45. The second-order valence-electron chi connectivity index (χ2n) is 15.6. The number of aryl methyl sites for hydroxylation is 4. The fraction of sp³-hybridized carbons (Fsp3) is 0.145. The zero-order chi connectivity index (χ0) is 39.1. The summed E-state index contributed by atoms with van der Waals surface area (Å²) in [5.41, 5.74) is 26.3. The zero-order valence-electron chi connectivity index (χ0n) is 33.9. The summed E-state index contributed by atoms with van der Waals surface area (Å²) in [6, 6.07) is 55.9. The highest BCUT2D eigenvalue weighted by Gasteiger charge is 2.22. The van der Waals surface area contributed by atoms with Crippen molar-refractivity contribution in [3.63, 3.8) is 0 Å². The Hall–Kier alpha value is -6.31. The maximum absolute atomic E-state index is 5.74. The van der Waals surface area contributed by atoms with Gasteiger partial charge in [-0.2, -0.15) is 0 Å². The first kappa shape index (κ1) is 36.7. The molecule has 0 radical (unpaired) electrons. The Labute approximate surface area is 333 Å². The minimum Gasteiger partial charge on any atom is -0.248 e. The summed E-state index contributed by atoms with van der Waals surface area (Å²) < 4.78 is 0. The minimum atomic E-state index is 0.982. The topological polar surface area (TPSA) is 12.9 Å². The van der Waals surface area contributed by atoms with Crippen LogP contribution in [-0.2, 0) is 0 Å². The van der Waals surface area contributed by atoms with Crippen LogP contribution in [0, 0.1) is 55.4 Å². The second-order valence-corrected chi connectivity index (χ2v) is 15.6. The van der Waals surface area contributed by atoms with Crippen LogP contribution < -0.4 is 0 Å². The average Bonchev–Trinajstić information content (AvgIpc) is 3.20. The maximum atomic E-state index is 5.74. The lowest BCUT2D eigenvalue weighted by Gasteiger charge is -2.23. The quantitative estimate of drug-likeness (QED) is 0.160. The number of hydrogen-bond donors (Lipinski definition) is 0. The molecule has 0 atom stereocenters. The number of aromatic nitrogens is 1. The van der Waals surface area contributed by atoms with E-state index in [1.54, 1.807) is 0 Å². The van der Waals surface area contributed by atoms with Crippen LogP contribution in [0.15, 0.2) is 152 Å². The van der Waals surface area contributed by atoms with Crippen molar-refractivity contribution in [2.24, 2.45) is 0 Å². The molecule has 0 unspecified atom stereocenters. The molecule has 8 aromatic rings. The summed E-state index contributed by atoms with van der Waals surface area (Å²) in [4.78, 5) is 5.74. The summed E-state index contributed by atoms with van der Waals surface area (Å²) in [5.74, 6) is 0. The van der Waals surface area contributed by atoms with Crippen LogP contribution in [0.4, 0.5) is 0 Å². The normalized spacial score (nSPS) is 11.2. The van der Waals surface area contributed by atoms with E-state index >= 15 is 0 Å². The van der Waals surface area contributed by atoms with Gasteiger partial charge in [-0.05, 0) is 158 Å². The van der Waals surface area contributed by atoms with Crippen LogP contribution in [0.25, 0.3) is 78.1 Å². The lowest BCUT2D eigenvalue weighted by molar-refractivity contribution is 1.26. The Kier molecular flexibility index (Phi) is 9.87. The van der Waals surface area contributed by atoms with E-state index in [0.29, 0.717) is 0 Å². The van der Waals surface area contributed by atoms with Crippen LogP contribution in [0.1, 0.15) is 44.5 Å². The SMILES string of the molecule is Cc1ccc(-c2cc(-c3ccc(C)cc3)c(C)c(-c3cc(-c4ccccc4)cc(-c4c(C)c(-c5ccc(C)cc5)cc(-c5ccc(C)cc5)c4C)n3)c2C)cc1. The molecule has 1 heteroatoms. The predicted molar refractivity (Wildman–Crippen MR) is 240 cm³/mol. The largest absolute Gasteiger partial charge is 0.248 e. The van der Waals surface area contributed by atoms with Crippen LogP contribution in [-0.4, -0.2) is 4.98 Å². The number of rotatable bonds is 7. The van der Waals surface area contributed by atoms with Crippen molar-refractivity contribution >= 4 is 0 Å². The molecule has 0 aliphatic rings. The van der Waals surface area contributed by atoms with E-state index in [1.165, 1.54) is 106 Å². The van der Waals surface area contributed by atoms with E-state index < -0.39 is 0 Å². The lowest BCUT2D eigenvalue weighted by Crippen LogP contribution is -2.02. The van der Waals surface area contributed by atoms with Crippen molar-refractivity contribution in [2.75, 3.05) is 0 Å². The molecule has 1 heterocycles. The Morgan fingerprint density at radius 2 is 0.554 bits per heavy atom. The summed E-state index contributed by atoms with van der Waals surface area (Å²) in [7, 11) is 0. The third-order valence-electron chi connectivity index (χ3n) is 11.6. The van der Waals surface area contributed by atoms with Crippen molar-refractivity contribution in [1.82, 2.24) is 4.98 Å². The van der Waals surface area contributed by atoms with E-state index in [4.69, 9.17) is 4.98 Å². The molecular weight excluding hydrogens is 675 g/mol. The van der Waals surface area contributed by atoms with E-state index in [0.717, 1.165) is 17.0 Å². The van der Waals surface area contributed by atoms with Gasteiger partial charge in [-0.1, -0.05) is 150 Å². The van der Waals surface area contributed by atoms with Gasteiger partial charge in [0.25, 0.3) is 0 Å². The van der Waals surface area contributed by atoms with Gasteiger partial charge in [0.15, 0.2) is 0 Å². The molecule has 7 aromatic carbocycles. The molecule has 0 spiro atoms. The fourth-order valence-electron chi connectivity index (χ4n) is 8.31. The molecule has 0 amide bonds. The Bertz CT molecular complexity index is 2390. The van der Waals surface area contributed by atoms with Gasteiger partial charge >= 0.3 is 0 Å². The highest BCUT2D eigenvalue weighted by molar-refractivity contribution is 5.92. The van der Waals surface area contributed by atoms with Gasteiger partial charge in [-0.15, -0.1) is 0 Å². The Balaban J connectivity index is 1.45. The molecular formula is C55H49N. The predicted octanol–water partition coefficient (Wildman–Crippen LogP) is 15.2. The first-order valence-corrected chi connectivity index (χ1v) is 19.7. The van der Waals surface area contributed by atoms with Crippen molar-refractivity contribution in [3.8, 4) is 78.1 Å². The molecule has 8 rings (SSSR count). The van der Waals surface area contributed by atoms with Gasteiger partial charge in [-0.25, -0.2) is 4.98 Å². The van der Waals surface area contributed by atoms with Crippen LogP contribution in [0.3, 0.4) is 0 Å². The highest BCUT2D eigenvalue weighted by atomic mass is 14.7. The third kappa shape index (κ3) is 7.02. The standard InChI is InChI=1S/C55H49N/c1-34-14-22-43(23-15-34)48-32-49(44-24-16-35(2)17-25-44)39(6)54(38(48)5)52-30-47(42-12-10-9-11-13-42)31-53(56-52)55-40(7)50(45-26-18-36(3)19-27-45)33-51(41(55)8)46-28-20-37(4)21-29-46/h9-33H,1-8H3. The van der Waals surface area contributed by atoms with Crippen molar-refractivity contribution < 1.29 is 0 Å². The summed E-state index contributed by atoms with van der Waals surface area (Å²) in [6.45, 7) is 17.7. The van der Waals surface area contributed by atoms with Crippen molar-refractivity contribution in [1.29, 1.82) is 0 Å². The van der Waals surface area contributed by atoms with E-state index in [2.05, 4.69) is 207 Å². The first-order valence-electron chi connectivity index (χ1n) is 19.7. The minimum absolute atomic E-state index is 0.982. The molecule has 56 heavy (non-hydrogen) atoms. The smallest absolute Gasteiger partial charge is 0.0721 e. The second kappa shape index (κ2) is 15.1. The molecule has 0 bridgehead atoms. The average molecular weight is 724 g/mol. The summed E-state index contributed by atoms with van der Waals surface area (Å²) in [6.07, 6.45) is 0. The molecule has 0 aliphatic carbocycles. The number of pyridine rings is 1. The third-order valence-corrected chi connectivity index (χ3v) is 11.6. The zero-order valence-corrected chi connectivity index (χ0v) is 33.9. The molecule has 1 nitrogen and oxygen atoms in total. The van der Waals surface area contributed by atoms with E-state index in [-0.39, 0.29) is 0 Å². The van der Waals surface area contributed by atoms with Crippen LogP contribution in [0.2, 0.25) is 0 Å². The Morgan fingerprint density at radius 3 is 0.839 bits per heavy atom. The molecule has 1 aromatic heterocycles. The van der Waals surface area contributed by atoms with Gasteiger partial charge in [0.05, 0.1) is 11.4 Å². The summed E-state index contributed by atoms with van der Waals surface area (Å²) in [5, 5.41) is 0. The van der Waals surface area contributed by atoms with Gasteiger partial charge < -0.3 is 0 Å². The molecule has 0 aliphatic heterocycles. The van der Waals surface area contributed by atoms with Gasteiger partial charge in [0.2, 0.25) is 0 Å².